The number of epoxide rings is 1. The summed E-state index contributed by atoms with van der Waals surface area (Å²) < 4.78 is 13.3. The largest absolute Gasteiger partial charge is 0.390 e. The number of hydrogen-bond acceptors (Lipinski definition) is 7. The molecule has 15 heavy (non-hydrogen) atoms. The first-order valence-electron chi connectivity index (χ1n) is 3.81. The fourth-order valence-corrected chi connectivity index (χ4v) is 2.54. The number of thiocarbonyl (C=S) groups is 1. The van der Waals surface area contributed by atoms with E-state index in [-0.39, 0.29) is 4.99 Å². The topological polar surface area (TPSA) is 85.8 Å². The van der Waals surface area contributed by atoms with E-state index in [1.54, 1.807) is 0 Å². The highest BCUT2D eigenvalue weighted by molar-refractivity contribution is 8.01. The number of nitrogens with one attached hydrogen (secondary N) is 1. The summed E-state index contributed by atoms with van der Waals surface area (Å²) in [6.07, 6.45) is 2.94. The lowest BCUT2D eigenvalue weighted by atomic mass is 10.2. The van der Waals surface area contributed by atoms with Gasteiger partial charge >= 0.3 is 0 Å². The first-order chi connectivity index (χ1) is 7.08. The predicted octanol–water partition coefficient (Wildman–Crippen LogP) is 0.801. The zero-order valence-corrected chi connectivity index (χ0v) is 10.2. The van der Waals surface area contributed by atoms with E-state index in [1.165, 1.54) is 12.3 Å². The van der Waals surface area contributed by atoms with Crippen molar-refractivity contribution < 1.29 is 8.92 Å². The van der Waals surface area contributed by atoms with Crippen LogP contribution in [-0.4, -0.2) is 15.7 Å². The van der Waals surface area contributed by atoms with Gasteiger partial charge in [0, 0.05) is 6.20 Å². The van der Waals surface area contributed by atoms with Gasteiger partial charge in [0.05, 0.1) is 12.2 Å². The first-order valence-corrected chi connectivity index (χ1v) is 5.84. The summed E-state index contributed by atoms with van der Waals surface area (Å²) in [6.45, 7) is 7.10. The summed E-state index contributed by atoms with van der Waals surface area (Å²) in [4.78, 5) is -0.833. The number of rotatable bonds is 7. The van der Waals surface area contributed by atoms with Crippen LogP contribution >= 0.6 is 36.4 Å². The predicted molar refractivity (Wildman–Crippen MR) is 67.3 cm³/mol. The minimum atomic E-state index is -1.08. The van der Waals surface area contributed by atoms with Crippen LogP contribution in [-0.2, 0) is 8.92 Å². The van der Waals surface area contributed by atoms with Crippen molar-refractivity contribution in [2.24, 2.45) is 10.9 Å². The van der Waals surface area contributed by atoms with Crippen molar-refractivity contribution in [3.63, 3.8) is 0 Å². The Morgan fingerprint density at radius 2 is 2.27 bits per heavy atom. The van der Waals surface area contributed by atoms with Crippen molar-refractivity contribution in [2.75, 3.05) is 0 Å². The van der Waals surface area contributed by atoms with Crippen LogP contribution in [0, 0.1) is 0 Å². The summed E-state index contributed by atoms with van der Waals surface area (Å²) in [5.74, 6) is -1.08. The lowest BCUT2D eigenvalue weighted by Crippen LogP contribution is -2.36. The average molecular weight is 265 g/mol. The van der Waals surface area contributed by atoms with Gasteiger partial charge < -0.3 is 15.2 Å². The van der Waals surface area contributed by atoms with Crippen LogP contribution in [0.3, 0.4) is 0 Å². The van der Waals surface area contributed by atoms with Crippen LogP contribution < -0.4 is 15.6 Å². The number of hydrogen-bond donors (Lipinski definition) is 3. The fraction of sp³-hybridized carbons (Fsp3) is 0.286. The molecule has 0 radical (unpaired) electrons. The second-order valence-electron chi connectivity index (χ2n) is 2.56. The Hall–Kier alpha value is -0.250. The van der Waals surface area contributed by atoms with Crippen molar-refractivity contribution in [1.29, 1.82) is 0 Å². The van der Waals surface area contributed by atoms with Crippen LogP contribution in [0.4, 0.5) is 0 Å². The molecule has 1 aliphatic rings. The third-order valence-corrected chi connectivity index (χ3v) is 3.68. The van der Waals surface area contributed by atoms with Gasteiger partial charge in [-0.2, -0.15) is 0 Å². The van der Waals surface area contributed by atoms with Crippen LogP contribution in [0.5, 0.6) is 0 Å². The normalized spacial score (nSPS) is 33.1. The molecule has 1 fully saturated rings. The van der Waals surface area contributed by atoms with Crippen LogP contribution in [0.2, 0.25) is 0 Å². The van der Waals surface area contributed by atoms with Crippen molar-refractivity contribution in [2.45, 2.75) is 10.7 Å². The fourth-order valence-electron chi connectivity index (χ4n) is 1.03. The third-order valence-electron chi connectivity index (χ3n) is 1.76. The van der Waals surface area contributed by atoms with Gasteiger partial charge in [-0.25, -0.2) is 0 Å². The third kappa shape index (κ3) is 2.01. The van der Waals surface area contributed by atoms with Gasteiger partial charge in [-0.05, 0) is 18.0 Å². The quantitative estimate of drug-likeness (QED) is 0.205. The summed E-state index contributed by atoms with van der Waals surface area (Å²) in [5.41, 5.74) is 5.59. The minimum Gasteiger partial charge on any atom is -0.390 e. The molecule has 1 rings (SSSR count). The summed E-state index contributed by atoms with van der Waals surface area (Å²) in [7, 11) is 0. The Morgan fingerprint density at radius 3 is 2.67 bits per heavy atom. The molecule has 2 atom stereocenters. The molecule has 5 nitrogen and oxygen atoms in total. The summed E-state index contributed by atoms with van der Waals surface area (Å²) in [6, 6.07) is 0. The van der Waals surface area contributed by atoms with Crippen LogP contribution in [0.1, 0.15) is 0 Å². The smallest absolute Gasteiger partial charge is 0.251 e. The molecule has 1 heterocycles. The highest BCUT2D eigenvalue weighted by Gasteiger charge is 2.74. The van der Waals surface area contributed by atoms with Crippen LogP contribution in [0.15, 0.2) is 25.4 Å². The Labute approximate surface area is 102 Å². The highest BCUT2D eigenvalue weighted by Crippen LogP contribution is 2.57. The van der Waals surface area contributed by atoms with Crippen molar-refractivity contribution in [3.8, 4) is 0 Å². The lowest BCUT2D eigenvalue weighted by molar-refractivity contribution is 0.134. The average Bonchev–Trinajstić information content (AvgIpc) is 2.86. The van der Waals surface area contributed by atoms with E-state index in [0.717, 1.165) is 11.9 Å². The molecular formula is C7H11N3O2S3. The lowest BCUT2D eigenvalue weighted by Gasteiger charge is -2.13. The molecule has 0 saturated carbocycles. The van der Waals surface area contributed by atoms with E-state index in [4.69, 9.17) is 32.0 Å². The maximum Gasteiger partial charge on any atom is 0.251 e. The molecule has 0 aromatic rings. The zero-order chi connectivity index (χ0) is 11.5. The van der Waals surface area contributed by atoms with Gasteiger partial charge in [0.1, 0.15) is 4.99 Å². The van der Waals surface area contributed by atoms with E-state index in [9.17, 15) is 0 Å². The van der Waals surface area contributed by atoms with E-state index in [0.29, 0.717) is 12.2 Å². The highest BCUT2D eigenvalue weighted by atomic mass is 32.2. The minimum absolute atomic E-state index is 0.149. The summed E-state index contributed by atoms with van der Waals surface area (Å²) in [5, 5.41) is 5.21. The Morgan fingerprint density at radius 1 is 1.60 bits per heavy atom. The van der Waals surface area contributed by atoms with E-state index >= 15 is 0 Å². The van der Waals surface area contributed by atoms with Crippen molar-refractivity contribution in [3.05, 3.63) is 25.4 Å². The SMILES string of the molecule is C=CNSC1(C(N)=S)OC1(C=C)OSN. The molecule has 0 aromatic carbocycles. The molecule has 0 spiro atoms. The molecular weight excluding hydrogens is 254 g/mol. The van der Waals surface area contributed by atoms with Gasteiger partial charge in [0.2, 0.25) is 4.93 Å². The molecule has 0 bridgehead atoms. The molecule has 2 unspecified atom stereocenters. The Bertz CT molecular complexity index is 301. The van der Waals surface area contributed by atoms with Crippen molar-refractivity contribution >= 4 is 41.4 Å². The molecule has 5 N–H and O–H groups in total. The summed E-state index contributed by atoms with van der Waals surface area (Å²) >= 11 is 6.73. The van der Waals surface area contributed by atoms with Crippen molar-refractivity contribution in [1.82, 2.24) is 4.72 Å². The Balaban J connectivity index is 2.83. The molecule has 0 aliphatic carbocycles. The molecule has 84 valence electrons. The van der Waals surface area contributed by atoms with Gasteiger partial charge in [0.15, 0.2) is 0 Å². The van der Waals surface area contributed by atoms with Gasteiger partial charge in [-0.3, -0.25) is 9.32 Å². The second kappa shape index (κ2) is 4.73. The Kier molecular flexibility index (Phi) is 4.04. The maximum absolute atomic E-state index is 5.59. The second-order valence-corrected chi connectivity index (χ2v) is 4.37. The zero-order valence-electron chi connectivity index (χ0n) is 7.76. The van der Waals surface area contributed by atoms with E-state index < -0.39 is 10.7 Å². The molecule has 0 aromatic heterocycles. The number of nitrogens with two attached hydrogens (primary N) is 2. The van der Waals surface area contributed by atoms with E-state index in [2.05, 4.69) is 17.9 Å². The molecule has 1 saturated heterocycles. The molecule has 1 aliphatic heterocycles. The first kappa shape index (κ1) is 12.8. The van der Waals surface area contributed by atoms with Gasteiger partial charge in [-0.1, -0.05) is 25.4 Å². The monoisotopic (exact) mass is 265 g/mol. The maximum atomic E-state index is 5.59. The molecule has 0 amide bonds. The van der Waals surface area contributed by atoms with Gasteiger partial charge in [0.25, 0.3) is 5.79 Å². The van der Waals surface area contributed by atoms with Gasteiger partial charge in [-0.15, -0.1) is 0 Å². The van der Waals surface area contributed by atoms with Crippen LogP contribution in [0.25, 0.3) is 0 Å². The molecule has 8 heteroatoms. The number of ether oxygens (including phenoxy) is 1. The van der Waals surface area contributed by atoms with E-state index in [1.807, 2.05) is 0 Å². The standard InChI is InChI=1S/C7H11N3O2S3/c1-3-6(12-15-9)7(11-6,5(8)13)14-10-4-2/h3-4,10H,1-2,9H2,(H2,8,13).